The highest BCUT2D eigenvalue weighted by atomic mass is 16.5. The zero-order valence-corrected chi connectivity index (χ0v) is 9.45. The molecule has 1 aliphatic heterocycles. The van der Waals surface area contributed by atoms with Crippen LogP contribution in [-0.4, -0.2) is 23.7 Å². The van der Waals surface area contributed by atoms with Crippen LogP contribution in [0.15, 0.2) is 10.6 Å². The maximum absolute atomic E-state index is 11.7. The Morgan fingerprint density at radius 2 is 2.56 bits per heavy atom. The number of hydrogen-bond acceptors (Lipinski definition) is 4. The normalized spacial score (nSPS) is 20.7. The highest BCUT2D eigenvalue weighted by Crippen LogP contribution is 2.07. The van der Waals surface area contributed by atoms with Gasteiger partial charge in [-0.05, 0) is 26.3 Å². The minimum Gasteiger partial charge on any atom is -0.359 e. The van der Waals surface area contributed by atoms with Crippen LogP contribution in [0.3, 0.4) is 0 Å². The Morgan fingerprint density at radius 1 is 1.69 bits per heavy atom. The number of amides is 1. The van der Waals surface area contributed by atoms with Crippen molar-refractivity contribution in [2.75, 3.05) is 6.54 Å². The Balaban J connectivity index is 1.78. The van der Waals surface area contributed by atoms with E-state index in [1.807, 2.05) is 13.0 Å². The van der Waals surface area contributed by atoms with E-state index in [9.17, 15) is 4.79 Å². The predicted molar refractivity (Wildman–Crippen MR) is 58.7 cm³/mol. The Labute approximate surface area is 94.6 Å². The molecule has 2 heterocycles. The summed E-state index contributed by atoms with van der Waals surface area (Å²) >= 11 is 0. The van der Waals surface area contributed by atoms with Crippen LogP contribution >= 0.6 is 0 Å². The molecule has 16 heavy (non-hydrogen) atoms. The SMILES string of the molecule is Cc1cc(CNC(=O)[C@H]2CCCCN2)on1. The molecule has 0 unspecified atom stereocenters. The fourth-order valence-corrected chi connectivity index (χ4v) is 1.87. The zero-order chi connectivity index (χ0) is 11.4. The van der Waals surface area contributed by atoms with E-state index >= 15 is 0 Å². The Hall–Kier alpha value is -1.36. The number of piperidine rings is 1. The van der Waals surface area contributed by atoms with Crippen LogP contribution in [0.4, 0.5) is 0 Å². The summed E-state index contributed by atoms with van der Waals surface area (Å²) in [6.45, 7) is 3.20. The monoisotopic (exact) mass is 223 g/mol. The second-order valence-corrected chi connectivity index (χ2v) is 4.15. The van der Waals surface area contributed by atoms with Crippen LogP contribution in [0, 0.1) is 6.92 Å². The molecule has 0 saturated carbocycles. The first-order valence-electron chi connectivity index (χ1n) is 5.69. The van der Waals surface area contributed by atoms with Gasteiger partial charge in [-0.15, -0.1) is 0 Å². The molecule has 88 valence electrons. The number of carbonyl (C=O) groups is 1. The van der Waals surface area contributed by atoms with Gasteiger partial charge < -0.3 is 15.2 Å². The molecule has 1 fully saturated rings. The molecule has 1 amide bonds. The molecule has 5 nitrogen and oxygen atoms in total. The molecule has 0 bridgehead atoms. The third kappa shape index (κ3) is 2.82. The van der Waals surface area contributed by atoms with Crippen LogP contribution in [0.25, 0.3) is 0 Å². The average Bonchev–Trinajstić information content (AvgIpc) is 2.73. The van der Waals surface area contributed by atoms with E-state index in [1.165, 1.54) is 0 Å². The number of nitrogens with zero attached hydrogens (tertiary/aromatic N) is 1. The first-order chi connectivity index (χ1) is 7.75. The number of nitrogens with one attached hydrogen (secondary N) is 2. The minimum absolute atomic E-state index is 0.0437. The summed E-state index contributed by atoms with van der Waals surface area (Å²) in [6.07, 6.45) is 3.19. The summed E-state index contributed by atoms with van der Waals surface area (Å²) < 4.78 is 5.02. The van der Waals surface area contributed by atoms with Gasteiger partial charge in [-0.2, -0.15) is 0 Å². The molecule has 1 aliphatic rings. The van der Waals surface area contributed by atoms with E-state index in [-0.39, 0.29) is 11.9 Å². The van der Waals surface area contributed by atoms with Gasteiger partial charge in [0.05, 0.1) is 18.3 Å². The summed E-state index contributed by atoms with van der Waals surface area (Å²) in [5.74, 6) is 0.746. The van der Waals surface area contributed by atoms with E-state index in [0.29, 0.717) is 12.3 Å². The van der Waals surface area contributed by atoms with Gasteiger partial charge >= 0.3 is 0 Å². The van der Waals surface area contributed by atoms with Gasteiger partial charge in [0.25, 0.3) is 0 Å². The van der Waals surface area contributed by atoms with Gasteiger partial charge in [-0.1, -0.05) is 11.6 Å². The highest BCUT2D eigenvalue weighted by molar-refractivity contribution is 5.81. The molecule has 1 saturated heterocycles. The molecule has 2 rings (SSSR count). The molecule has 1 atom stereocenters. The van der Waals surface area contributed by atoms with Crippen molar-refractivity contribution >= 4 is 5.91 Å². The van der Waals surface area contributed by atoms with E-state index in [0.717, 1.165) is 31.5 Å². The smallest absolute Gasteiger partial charge is 0.237 e. The van der Waals surface area contributed by atoms with E-state index in [2.05, 4.69) is 15.8 Å². The molecule has 0 aliphatic carbocycles. The summed E-state index contributed by atoms with van der Waals surface area (Å²) in [5.41, 5.74) is 0.833. The fraction of sp³-hybridized carbons (Fsp3) is 0.636. The largest absolute Gasteiger partial charge is 0.359 e. The summed E-state index contributed by atoms with van der Waals surface area (Å²) in [5, 5.41) is 9.81. The van der Waals surface area contributed by atoms with E-state index in [1.54, 1.807) is 0 Å². The number of rotatable bonds is 3. The molecular formula is C11H17N3O2. The zero-order valence-electron chi connectivity index (χ0n) is 9.45. The lowest BCUT2D eigenvalue weighted by atomic mass is 10.0. The van der Waals surface area contributed by atoms with Gasteiger partial charge in [-0.3, -0.25) is 4.79 Å². The van der Waals surface area contributed by atoms with Crippen LogP contribution in [-0.2, 0) is 11.3 Å². The molecular weight excluding hydrogens is 206 g/mol. The third-order valence-corrected chi connectivity index (χ3v) is 2.74. The van der Waals surface area contributed by atoms with Gasteiger partial charge in [0.2, 0.25) is 5.91 Å². The Bertz CT molecular complexity index is 356. The first kappa shape index (κ1) is 11.1. The van der Waals surface area contributed by atoms with Gasteiger partial charge in [0.1, 0.15) is 0 Å². The second kappa shape index (κ2) is 5.12. The van der Waals surface area contributed by atoms with Crippen molar-refractivity contribution in [1.29, 1.82) is 0 Å². The quantitative estimate of drug-likeness (QED) is 0.793. The van der Waals surface area contributed by atoms with Crippen molar-refractivity contribution < 1.29 is 9.32 Å². The van der Waals surface area contributed by atoms with Crippen LogP contribution in [0.5, 0.6) is 0 Å². The minimum atomic E-state index is -0.0437. The van der Waals surface area contributed by atoms with Gasteiger partial charge in [0.15, 0.2) is 5.76 Å². The lowest BCUT2D eigenvalue weighted by molar-refractivity contribution is -0.123. The first-order valence-corrected chi connectivity index (χ1v) is 5.69. The molecule has 0 spiro atoms. The lowest BCUT2D eigenvalue weighted by Gasteiger charge is -2.22. The third-order valence-electron chi connectivity index (χ3n) is 2.74. The molecule has 0 aromatic carbocycles. The van der Waals surface area contributed by atoms with Crippen molar-refractivity contribution in [3.05, 3.63) is 17.5 Å². The van der Waals surface area contributed by atoms with Crippen molar-refractivity contribution in [2.24, 2.45) is 0 Å². The van der Waals surface area contributed by atoms with Gasteiger partial charge in [-0.25, -0.2) is 0 Å². The molecule has 2 N–H and O–H groups in total. The average molecular weight is 223 g/mol. The van der Waals surface area contributed by atoms with Crippen molar-refractivity contribution in [3.8, 4) is 0 Å². The highest BCUT2D eigenvalue weighted by Gasteiger charge is 2.20. The standard InChI is InChI=1S/C11H17N3O2/c1-8-6-9(16-14-8)7-13-11(15)10-4-2-3-5-12-10/h6,10,12H,2-5,7H2,1H3,(H,13,15)/t10-/m1/s1. The van der Waals surface area contributed by atoms with E-state index in [4.69, 9.17) is 4.52 Å². The van der Waals surface area contributed by atoms with Crippen LogP contribution in [0.1, 0.15) is 30.7 Å². The predicted octanol–water partition coefficient (Wildman–Crippen LogP) is 0.741. The molecule has 0 radical (unpaired) electrons. The van der Waals surface area contributed by atoms with Crippen molar-refractivity contribution in [3.63, 3.8) is 0 Å². The molecule has 1 aromatic rings. The molecule has 1 aromatic heterocycles. The Kier molecular flexibility index (Phi) is 3.56. The summed E-state index contributed by atoms with van der Waals surface area (Å²) in [7, 11) is 0. The topological polar surface area (TPSA) is 67.2 Å². The fourth-order valence-electron chi connectivity index (χ4n) is 1.87. The summed E-state index contributed by atoms with van der Waals surface area (Å²) in [6, 6.07) is 1.78. The van der Waals surface area contributed by atoms with E-state index < -0.39 is 0 Å². The maximum atomic E-state index is 11.7. The van der Waals surface area contributed by atoms with Crippen molar-refractivity contribution in [1.82, 2.24) is 15.8 Å². The number of hydrogen-bond donors (Lipinski definition) is 2. The number of aryl methyl sites for hydroxylation is 1. The van der Waals surface area contributed by atoms with Crippen LogP contribution in [0.2, 0.25) is 0 Å². The summed E-state index contributed by atoms with van der Waals surface area (Å²) in [4.78, 5) is 11.7. The maximum Gasteiger partial charge on any atom is 0.237 e. The number of carbonyl (C=O) groups excluding carboxylic acids is 1. The van der Waals surface area contributed by atoms with Crippen molar-refractivity contribution in [2.45, 2.75) is 38.8 Å². The lowest BCUT2D eigenvalue weighted by Crippen LogP contribution is -2.46. The molecule has 5 heteroatoms. The van der Waals surface area contributed by atoms with Gasteiger partial charge in [0, 0.05) is 6.07 Å². The second-order valence-electron chi connectivity index (χ2n) is 4.15. The number of aromatic nitrogens is 1. The Morgan fingerprint density at radius 3 is 3.19 bits per heavy atom. The van der Waals surface area contributed by atoms with Crippen LogP contribution < -0.4 is 10.6 Å².